The van der Waals surface area contributed by atoms with Gasteiger partial charge in [-0.15, -0.1) is 0 Å². The van der Waals surface area contributed by atoms with Crippen LogP contribution in [0.1, 0.15) is 31.0 Å². The molecule has 0 atom stereocenters. The fourth-order valence-electron chi connectivity index (χ4n) is 3.16. The number of likely N-dealkylation sites (N-methyl/N-ethyl adjacent to an activating group) is 1. The molecule has 25 heavy (non-hydrogen) atoms. The minimum absolute atomic E-state index is 0.0717. The number of hydrogen-bond acceptors (Lipinski definition) is 4. The van der Waals surface area contributed by atoms with Gasteiger partial charge in [-0.3, -0.25) is 9.69 Å². The van der Waals surface area contributed by atoms with E-state index in [9.17, 15) is 4.79 Å². The number of nitrogens with zero attached hydrogens (tertiary/aromatic N) is 3. The Morgan fingerprint density at radius 3 is 2.52 bits per heavy atom. The molecular formula is C20H28N4O. The summed E-state index contributed by atoms with van der Waals surface area (Å²) >= 11 is 0. The van der Waals surface area contributed by atoms with Crippen LogP contribution in [0.4, 0.5) is 0 Å². The summed E-state index contributed by atoms with van der Waals surface area (Å²) in [5.74, 6) is 0.671. The fourth-order valence-corrected chi connectivity index (χ4v) is 3.16. The molecule has 2 heterocycles. The summed E-state index contributed by atoms with van der Waals surface area (Å²) in [5, 5.41) is 0. The Morgan fingerprint density at radius 2 is 1.84 bits per heavy atom. The van der Waals surface area contributed by atoms with Crippen LogP contribution in [0.2, 0.25) is 0 Å². The van der Waals surface area contributed by atoms with Crippen molar-refractivity contribution in [1.29, 1.82) is 0 Å². The summed E-state index contributed by atoms with van der Waals surface area (Å²) in [6.07, 6.45) is 3.01. The smallest absolute Gasteiger partial charge is 0.251 e. The van der Waals surface area contributed by atoms with E-state index in [1.165, 1.54) is 5.56 Å². The van der Waals surface area contributed by atoms with Crippen molar-refractivity contribution in [1.82, 2.24) is 19.8 Å². The molecule has 1 aliphatic heterocycles. The fraction of sp³-hybridized carbons (Fsp3) is 0.500. The normalized spacial score (nSPS) is 16.2. The number of hydrogen-bond donors (Lipinski definition) is 1. The second-order valence-electron chi connectivity index (χ2n) is 6.97. The highest BCUT2D eigenvalue weighted by atomic mass is 16.1. The van der Waals surface area contributed by atoms with Crippen molar-refractivity contribution in [3.05, 3.63) is 51.9 Å². The average Bonchev–Trinajstić information content (AvgIpc) is 2.62. The Kier molecular flexibility index (Phi) is 6.00. The molecular weight excluding hydrogens is 312 g/mol. The van der Waals surface area contributed by atoms with Gasteiger partial charge in [0.05, 0.1) is 0 Å². The maximum Gasteiger partial charge on any atom is 0.251 e. The van der Waals surface area contributed by atoms with Crippen molar-refractivity contribution in [3.63, 3.8) is 0 Å². The molecule has 1 fully saturated rings. The van der Waals surface area contributed by atoms with Gasteiger partial charge in [0.1, 0.15) is 5.82 Å². The highest BCUT2D eigenvalue weighted by Gasteiger charge is 2.14. The molecule has 134 valence electrons. The summed E-state index contributed by atoms with van der Waals surface area (Å²) in [6.45, 7) is 7.63. The standard InChI is InChI=1S/C20H28N4O/c1-3-4-5-18-14-19(25)22-20(21-18)17-8-6-16(7-9-17)15-24-12-10-23(2)11-13-24/h6-9,14H,3-5,10-13,15H2,1-2H3,(H,21,22,25). The number of rotatable bonds is 6. The zero-order chi connectivity index (χ0) is 17.6. The highest BCUT2D eigenvalue weighted by molar-refractivity contribution is 5.55. The molecule has 0 radical (unpaired) electrons. The van der Waals surface area contributed by atoms with Crippen LogP contribution < -0.4 is 5.56 Å². The zero-order valence-corrected chi connectivity index (χ0v) is 15.3. The first kappa shape index (κ1) is 17.8. The van der Waals surface area contributed by atoms with Crippen molar-refractivity contribution in [2.45, 2.75) is 32.7 Å². The molecule has 0 saturated carbocycles. The monoisotopic (exact) mass is 340 g/mol. The lowest BCUT2D eigenvalue weighted by Crippen LogP contribution is -2.43. The molecule has 0 bridgehead atoms. The summed E-state index contributed by atoms with van der Waals surface area (Å²) in [6, 6.07) is 10.0. The topological polar surface area (TPSA) is 52.2 Å². The number of aromatic nitrogens is 2. The second-order valence-corrected chi connectivity index (χ2v) is 6.97. The Balaban J connectivity index is 1.69. The predicted molar refractivity (Wildman–Crippen MR) is 102 cm³/mol. The number of aromatic amines is 1. The quantitative estimate of drug-likeness (QED) is 0.878. The van der Waals surface area contributed by atoms with Crippen LogP contribution in [-0.4, -0.2) is 53.0 Å². The van der Waals surface area contributed by atoms with Crippen LogP contribution in [0.5, 0.6) is 0 Å². The first-order chi connectivity index (χ1) is 12.1. The molecule has 5 heteroatoms. The second kappa shape index (κ2) is 8.41. The summed E-state index contributed by atoms with van der Waals surface area (Å²) in [5.41, 5.74) is 3.08. The van der Waals surface area contributed by atoms with Crippen molar-refractivity contribution in [3.8, 4) is 11.4 Å². The number of aryl methyl sites for hydroxylation is 1. The van der Waals surface area contributed by atoms with Gasteiger partial charge < -0.3 is 9.88 Å². The Hall–Kier alpha value is -1.98. The molecule has 0 spiro atoms. The van der Waals surface area contributed by atoms with Crippen molar-refractivity contribution < 1.29 is 0 Å². The molecule has 3 rings (SSSR count). The molecule has 1 aromatic heterocycles. The molecule has 1 saturated heterocycles. The predicted octanol–water partition coefficient (Wildman–Crippen LogP) is 2.53. The summed E-state index contributed by atoms with van der Waals surface area (Å²) in [4.78, 5) is 24.2. The largest absolute Gasteiger partial charge is 0.307 e. The van der Waals surface area contributed by atoms with Crippen molar-refractivity contribution >= 4 is 0 Å². The van der Waals surface area contributed by atoms with E-state index in [-0.39, 0.29) is 5.56 Å². The van der Waals surface area contributed by atoms with Crippen LogP contribution >= 0.6 is 0 Å². The minimum Gasteiger partial charge on any atom is -0.307 e. The van der Waals surface area contributed by atoms with Crippen LogP contribution in [0, 0.1) is 0 Å². The lowest BCUT2D eigenvalue weighted by atomic mass is 10.1. The first-order valence-corrected chi connectivity index (χ1v) is 9.24. The van der Waals surface area contributed by atoms with Gasteiger partial charge in [0.2, 0.25) is 0 Å². The van der Waals surface area contributed by atoms with E-state index in [2.05, 4.69) is 58.0 Å². The Labute approximate surface area is 149 Å². The van der Waals surface area contributed by atoms with Gasteiger partial charge in [-0.1, -0.05) is 37.6 Å². The van der Waals surface area contributed by atoms with Gasteiger partial charge in [0, 0.05) is 50.0 Å². The van der Waals surface area contributed by atoms with Crippen LogP contribution in [0.25, 0.3) is 11.4 Å². The number of nitrogens with one attached hydrogen (secondary N) is 1. The van der Waals surface area contributed by atoms with Gasteiger partial charge in [0.15, 0.2) is 0 Å². The van der Waals surface area contributed by atoms with Gasteiger partial charge in [-0.05, 0) is 25.5 Å². The van der Waals surface area contributed by atoms with E-state index in [4.69, 9.17) is 0 Å². The first-order valence-electron chi connectivity index (χ1n) is 9.24. The zero-order valence-electron chi connectivity index (χ0n) is 15.3. The maximum absolute atomic E-state index is 11.9. The molecule has 0 amide bonds. The Morgan fingerprint density at radius 1 is 1.12 bits per heavy atom. The highest BCUT2D eigenvalue weighted by Crippen LogP contribution is 2.17. The van der Waals surface area contributed by atoms with E-state index in [1.807, 2.05) is 0 Å². The van der Waals surface area contributed by atoms with E-state index in [0.29, 0.717) is 5.82 Å². The molecule has 5 nitrogen and oxygen atoms in total. The number of piperazine rings is 1. The number of benzene rings is 1. The van der Waals surface area contributed by atoms with Gasteiger partial charge >= 0.3 is 0 Å². The SMILES string of the molecule is CCCCc1cc(=O)[nH]c(-c2ccc(CN3CCN(C)CC3)cc2)n1. The number of unbranched alkanes of at least 4 members (excludes halogenated alkanes) is 1. The molecule has 1 aromatic carbocycles. The lowest BCUT2D eigenvalue weighted by Gasteiger charge is -2.32. The van der Waals surface area contributed by atoms with Crippen LogP contribution in [0.3, 0.4) is 0 Å². The van der Waals surface area contributed by atoms with Crippen molar-refractivity contribution in [2.24, 2.45) is 0 Å². The lowest BCUT2D eigenvalue weighted by molar-refractivity contribution is 0.148. The number of H-pyrrole nitrogens is 1. The average molecular weight is 340 g/mol. The van der Waals surface area contributed by atoms with Crippen molar-refractivity contribution in [2.75, 3.05) is 33.2 Å². The summed E-state index contributed by atoms with van der Waals surface area (Å²) < 4.78 is 0. The maximum atomic E-state index is 11.9. The van der Waals surface area contributed by atoms with Gasteiger partial charge in [0.25, 0.3) is 5.56 Å². The van der Waals surface area contributed by atoms with Gasteiger partial charge in [-0.2, -0.15) is 0 Å². The van der Waals surface area contributed by atoms with E-state index < -0.39 is 0 Å². The Bertz CT molecular complexity index is 730. The molecule has 1 aliphatic rings. The third-order valence-electron chi connectivity index (χ3n) is 4.81. The van der Waals surface area contributed by atoms with Gasteiger partial charge in [-0.25, -0.2) is 4.98 Å². The van der Waals surface area contributed by atoms with E-state index in [1.54, 1.807) is 6.07 Å². The molecule has 1 N–H and O–H groups in total. The van der Waals surface area contributed by atoms with Crippen LogP contribution in [-0.2, 0) is 13.0 Å². The molecule has 0 aliphatic carbocycles. The van der Waals surface area contributed by atoms with E-state index in [0.717, 1.165) is 63.2 Å². The van der Waals surface area contributed by atoms with E-state index >= 15 is 0 Å². The molecule has 2 aromatic rings. The minimum atomic E-state index is -0.0717. The molecule has 0 unspecified atom stereocenters. The van der Waals surface area contributed by atoms with Crippen LogP contribution in [0.15, 0.2) is 35.1 Å². The summed E-state index contributed by atoms with van der Waals surface area (Å²) in [7, 11) is 2.18. The third-order valence-corrected chi connectivity index (χ3v) is 4.81. The third kappa shape index (κ3) is 5.00.